The van der Waals surface area contributed by atoms with Crippen LogP contribution < -0.4 is 4.40 Å². The van der Waals surface area contributed by atoms with Crippen LogP contribution in [-0.2, 0) is 25.5 Å². The second kappa shape index (κ2) is 17.9. The minimum Gasteiger partial charge on any atom is 0 e. The minimum absolute atomic E-state index is 0. The number of hydrogen-bond donors (Lipinski definition) is 0. The van der Waals surface area contributed by atoms with Crippen molar-refractivity contribution in [3.63, 3.8) is 0 Å². The summed E-state index contributed by atoms with van der Waals surface area (Å²) in [6, 6.07) is 55.1. The van der Waals surface area contributed by atoms with Gasteiger partial charge in [-0.15, -0.1) is 29.0 Å². The van der Waals surface area contributed by atoms with Crippen LogP contribution in [-0.4, -0.2) is 32.8 Å². The van der Waals surface area contributed by atoms with Crippen LogP contribution in [0.1, 0.15) is 36.0 Å². The Morgan fingerprint density at radius 1 is 0.762 bits per heavy atom. The van der Waals surface area contributed by atoms with Gasteiger partial charge in [0.1, 0.15) is 4.83 Å². The van der Waals surface area contributed by atoms with Crippen molar-refractivity contribution in [2.75, 3.05) is 0 Å². The van der Waals surface area contributed by atoms with Crippen LogP contribution in [0.2, 0.25) is 17.3 Å². The summed E-state index contributed by atoms with van der Waals surface area (Å²) in [6.07, 6.45) is 3.48. The van der Waals surface area contributed by atoms with Gasteiger partial charge < -0.3 is 4.57 Å². The molecule has 0 bridgehead atoms. The first-order valence-corrected chi connectivity index (χ1v) is 28.9. The molecule has 315 valence electrons. The number of aryl methyl sites for hydroxylation is 1. The molecule has 63 heavy (non-hydrogen) atoms. The van der Waals surface area contributed by atoms with Crippen molar-refractivity contribution in [3.8, 4) is 50.6 Å². The summed E-state index contributed by atoms with van der Waals surface area (Å²) in [4.78, 5) is 15.2. The van der Waals surface area contributed by atoms with Crippen LogP contribution in [0.5, 0.6) is 0 Å². The third-order valence-corrected chi connectivity index (χ3v) is 16.4. The molecule has 0 aliphatic rings. The molecule has 0 unspecified atom stereocenters. The molecule has 0 atom stereocenters. The number of para-hydroxylation sites is 2. The molecule has 8 heteroatoms. The zero-order chi connectivity index (χ0) is 45.7. The van der Waals surface area contributed by atoms with E-state index >= 15 is 0 Å². The topological polar surface area (TPSA) is 43.6 Å². The van der Waals surface area contributed by atoms with Gasteiger partial charge in [0.25, 0.3) is 0 Å². The van der Waals surface area contributed by atoms with E-state index in [9.17, 15) is 4.39 Å². The number of rotatable bonds is 6. The predicted molar refractivity (Wildman–Crippen MR) is 262 cm³/mol. The molecule has 0 saturated heterocycles. The number of pyridine rings is 2. The fourth-order valence-corrected chi connectivity index (χ4v) is 11.7. The number of aromatic nitrogens is 4. The quantitative estimate of drug-likeness (QED) is 0.123. The molecule has 6 aromatic carbocycles. The molecule has 0 fully saturated rings. The van der Waals surface area contributed by atoms with Crippen molar-refractivity contribution < 1.29 is 28.6 Å². The van der Waals surface area contributed by atoms with Crippen molar-refractivity contribution in [1.82, 2.24) is 19.5 Å². The second-order valence-corrected chi connectivity index (χ2v) is 29.1. The zero-order valence-electron chi connectivity index (χ0n) is 38.9. The molecule has 0 aliphatic heterocycles. The van der Waals surface area contributed by atoms with Crippen LogP contribution >= 0.6 is 11.3 Å². The number of hydrogen-bond acceptors (Lipinski definition) is 4. The van der Waals surface area contributed by atoms with Gasteiger partial charge in [-0.1, -0.05) is 92.4 Å². The van der Waals surface area contributed by atoms with Gasteiger partial charge in [-0.2, -0.15) is 0 Å². The molecule has 0 aliphatic carbocycles. The standard InChI is InChI=1S/C34H26N3S.C21H21FGeN.Ir/c1-34(2,3)24-15-17-25(18-16-24)37-29-14-8-7-13-28(29)36-32(37)23-20-27(22-10-5-4-6-11-22)31-26-12-9-19-35-33(26)38-30(31)21-23;1-15-12-21(24-14-20(15)23(2,3)4)18-11-10-17(13-19(18)22)16-8-6-5-7-9-16;/h4-20H,1-3H3;5-10,12-14H,1-4H3;/q2*-1;/i;1D3;. The minimum atomic E-state index is -2.44. The molecule has 0 N–H and O–H groups in total. The van der Waals surface area contributed by atoms with E-state index in [0.29, 0.717) is 11.3 Å². The average Bonchev–Trinajstić information content (AvgIpc) is 3.88. The Morgan fingerprint density at radius 3 is 2.14 bits per heavy atom. The number of nitrogens with zero attached hydrogens (tertiary/aromatic N) is 4. The first-order chi connectivity index (χ1) is 31.0. The predicted octanol–water partition coefficient (Wildman–Crippen LogP) is 14.4. The van der Waals surface area contributed by atoms with E-state index < -0.39 is 25.9 Å². The number of fused-ring (bicyclic) bond motifs is 4. The van der Waals surface area contributed by atoms with Crippen LogP contribution in [0.4, 0.5) is 4.39 Å². The third-order valence-electron chi connectivity index (χ3n) is 11.1. The summed E-state index contributed by atoms with van der Waals surface area (Å²) in [7, 11) is 0. The van der Waals surface area contributed by atoms with Crippen molar-refractivity contribution in [1.29, 1.82) is 0 Å². The monoisotopic (exact) mass is 1080 g/mol. The van der Waals surface area contributed by atoms with Gasteiger partial charge in [-0.3, -0.25) is 4.98 Å². The van der Waals surface area contributed by atoms with Gasteiger partial charge in [-0.25, -0.2) is 4.98 Å². The normalized spacial score (nSPS) is 12.6. The van der Waals surface area contributed by atoms with E-state index in [1.54, 1.807) is 23.6 Å². The van der Waals surface area contributed by atoms with E-state index in [1.165, 1.54) is 39.6 Å². The first-order valence-electron chi connectivity index (χ1n) is 22.2. The second-order valence-electron chi connectivity index (χ2n) is 17.5. The molecular formula is C55H47FGeIrN4S-2. The van der Waals surface area contributed by atoms with Crippen molar-refractivity contribution in [2.24, 2.45) is 0 Å². The van der Waals surface area contributed by atoms with Crippen molar-refractivity contribution in [3.05, 3.63) is 187 Å². The van der Waals surface area contributed by atoms with Gasteiger partial charge in [0.2, 0.25) is 0 Å². The summed E-state index contributed by atoms with van der Waals surface area (Å²) < 4.78 is 42.6. The van der Waals surface area contributed by atoms with Crippen molar-refractivity contribution >= 4 is 60.3 Å². The summed E-state index contributed by atoms with van der Waals surface area (Å²) >= 11 is -0.749. The van der Waals surface area contributed by atoms with Crippen LogP contribution in [0.15, 0.2) is 158 Å². The Balaban J connectivity index is 0.000000188. The molecule has 4 nitrogen and oxygen atoms in total. The zero-order valence-corrected chi connectivity index (χ0v) is 41.2. The Bertz CT molecular complexity index is 3340. The maximum atomic E-state index is 14.8. The van der Waals surface area contributed by atoms with E-state index in [1.807, 2.05) is 48.7 Å². The van der Waals surface area contributed by atoms with Gasteiger partial charge in [-0.05, 0) is 57.0 Å². The van der Waals surface area contributed by atoms with Gasteiger partial charge >= 0.3 is 150 Å². The van der Waals surface area contributed by atoms with E-state index in [4.69, 9.17) is 9.10 Å². The van der Waals surface area contributed by atoms with Crippen LogP contribution in [0, 0.1) is 24.8 Å². The summed E-state index contributed by atoms with van der Waals surface area (Å²) in [5.41, 5.74) is 10.2. The van der Waals surface area contributed by atoms with Crippen molar-refractivity contribution in [2.45, 2.75) is 50.3 Å². The molecule has 4 aromatic heterocycles. The largest absolute Gasteiger partial charge is 0 e. The Hall–Kier alpha value is -5.57. The van der Waals surface area contributed by atoms with E-state index in [0.717, 1.165) is 47.6 Å². The van der Waals surface area contributed by atoms with E-state index in [2.05, 4.69) is 150 Å². The van der Waals surface area contributed by atoms with E-state index in [-0.39, 0.29) is 36.6 Å². The van der Waals surface area contributed by atoms with Crippen LogP contribution in [0.25, 0.3) is 81.9 Å². The molecule has 1 radical (unpaired) electrons. The molecule has 0 spiro atoms. The van der Waals surface area contributed by atoms with Crippen LogP contribution in [0.3, 0.4) is 0 Å². The average molecular weight is 1080 g/mol. The molecule has 0 saturated carbocycles. The summed E-state index contributed by atoms with van der Waals surface area (Å²) in [5, 5.41) is 2.37. The molecule has 10 aromatic rings. The van der Waals surface area contributed by atoms with Gasteiger partial charge in [0.15, 0.2) is 0 Å². The number of thiophene rings is 1. The van der Waals surface area contributed by atoms with Gasteiger partial charge in [0.05, 0.1) is 16.9 Å². The summed E-state index contributed by atoms with van der Waals surface area (Å²) in [5.74, 6) is 6.78. The fraction of sp³-hybridized carbons (Fsp3) is 0.145. The number of benzene rings is 6. The summed E-state index contributed by atoms with van der Waals surface area (Å²) in [6.45, 7) is 4.48. The smallest absolute Gasteiger partial charge is 0 e. The molecular weight excluding hydrogens is 1030 g/mol. The Kier molecular flexibility index (Phi) is 11.4. The Labute approximate surface area is 393 Å². The SMILES string of the molecule is CC(C)(C)c1ccc(-n2c(-c3[c-]c4sc5ncccc5c4c(-c4ccccc4)c3)nc3ccccc32)cc1.[2H]C([2H])([2H])c1cc(-c2[c-]cc(-c3ccccc3)cc2F)nc[c]1[Ge]([CH3])([CH3])[CH3].[Ir]. The first kappa shape index (κ1) is 40.2. The molecule has 10 rings (SSSR count). The third kappa shape index (κ3) is 8.98. The molecule has 0 amide bonds. The number of imidazole rings is 1. The Morgan fingerprint density at radius 2 is 1.46 bits per heavy atom. The van der Waals surface area contributed by atoms with Gasteiger partial charge in [0, 0.05) is 32.0 Å². The maximum Gasteiger partial charge on any atom is 0 e. The maximum absolute atomic E-state index is 14.8. The fourth-order valence-electron chi connectivity index (χ4n) is 7.86. The molecule has 4 heterocycles. The number of halogens is 1.